The van der Waals surface area contributed by atoms with E-state index in [4.69, 9.17) is 13.9 Å². The first-order valence-electron chi connectivity index (χ1n) is 5.34. The SMILES string of the molecule is C=C(C)C(=O)OC(C)OCCO[Si](C)(C)C. The molecule has 4 nitrogen and oxygen atoms in total. The van der Waals surface area contributed by atoms with Crippen molar-refractivity contribution >= 4 is 14.3 Å². The van der Waals surface area contributed by atoms with Crippen LogP contribution in [0.5, 0.6) is 0 Å². The Hall–Kier alpha value is -0.653. The molecule has 16 heavy (non-hydrogen) atoms. The molecule has 0 N–H and O–H groups in total. The Kier molecular flexibility index (Phi) is 6.55. The zero-order valence-corrected chi connectivity index (χ0v) is 11.8. The van der Waals surface area contributed by atoms with Crippen LogP contribution in [-0.4, -0.2) is 33.8 Å². The minimum atomic E-state index is -1.48. The van der Waals surface area contributed by atoms with Crippen LogP contribution in [0.3, 0.4) is 0 Å². The van der Waals surface area contributed by atoms with Gasteiger partial charge in [0.2, 0.25) is 6.29 Å². The van der Waals surface area contributed by atoms with Crippen molar-refractivity contribution in [1.29, 1.82) is 0 Å². The molecule has 0 aliphatic heterocycles. The van der Waals surface area contributed by atoms with Gasteiger partial charge < -0.3 is 13.9 Å². The molecule has 1 unspecified atom stereocenters. The fraction of sp³-hybridized carbons (Fsp3) is 0.727. The molecule has 0 aromatic heterocycles. The van der Waals surface area contributed by atoms with Crippen LogP contribution in [0.15, 0.2) is 12.2 Å². The molecule has 0 radical (unpaired) electrons. The molecule has 0 amide bonds. The molecule has 0 saturated carbocycles. The Morgan fingerprint density at radius 1 is 1.31 bits per heavy atom. The quantitative estimate of drug-likeness (QED) is 0.227. The minimum absolute atomic E-state index is 0.369. The lowest BCUT2D eigenvalue weighted by molar-refractivity contribution is -0.171. The van der Waals surface area contributed by atoms with Gasteiger partial charge in [0.05, 0.1) is 13.2 Å². The summed E-state index contributed by atoms with van der Waals surface area (Å²) in [5.41, 5.74) is 0.369. The van der Waals surface area contributed by atoms with E-state index in [1.807, 2.05) is 0 Å². The summed E-state index contributed by atoms with van der Waals surface area (Å²) in [5.74, 6) is -0.432. The predicted octanol–water partition coefficient (Wildman–Crippen LogP) is 2.32. The van der Waals surface area contributed by atoms with E-state index in [0.29, 0.717) is 18.8 Å². The van der Waals surface area contributed by atoms with Crippen LogP contribution in [0, 0.1) is 0 Å². The second kappa shape index (κ2) is 6.83. The number of esters is 1. The zero-order valence-electron chi connectivity index (χ0n) is 10.8. The van der Waals surface area contributed by atoms with E-state index in [1.165, 1.54) is 0 Å². The van der Waals surface area contributed by atoms with Gasteiger partial charge in [0.25, 0.3) is 0 Å². The van der Waals surface area contributed by atoms with Crippen LogP contribution < -0.4 is 0 Å². The van der Waals surface area contributed by atoms with Crippen LogP contribution >= 0.6 is 0 Å². The molecule has 0 heterocycles. The van der Waals surface area contributed by atoms with Gasteiger partial charge in [-0.1, -0.05) is 6.58 Å². The maximum Gasteiger partial charge on any atom is 0.335 e. The van der Waals surface area contributed by atoms with Gasteiger partial charge in [-0.25, -0.2) is 4.79 Å². The monoisotopic (exact) mass is 246 g/mol. The Morgan fingerprint density at radius 3 is 2.31 bits per heavy atom. The lowest BCUT2D eigenvalue weighted by Crippen LogP contribution is -2.28. The lowest BCUT2D eigenvalue weighted by atomic mass is 10.4. The molecule has 0 saturated heterocycles. The minimum Gasteiger partial charge on any atom is -0.433 e. The molecular weight excluding hydrogens is 224 g/mol. The Labute approximate surface area is 98.7 Å². The third kappa shape index (κ3) is 8.64. The van der Waals surface area contributed by atoms with Gasteiger partial charge in [0.1, 0.15) is 0 Å². The number of hydrogen-bond donors (Lipinski definition) is 0. The molecular formula is C11H22O4Si. The number of hydrogen-bond acceptors (Lipinski definition) is 4. The van der Waals surface area contributed by atoms with Gasteiger partial charge in [-0.2, -0.15) is 0 Å². The van der Waals surface area contributed by atoms with Gasteiger partial charge in [-0.15, -0.1) is 0 Å². The summed E-state index contributed by atoms with van der Waals surface area (Å²) in [7, 11) is -1.48. The van der Waals surface area contributed by atoms with Crippen LogP contribution in [0.1, 0.15) is 13.8 Å². The molecule has 0 fully saturated rings. The van der Waals surface area contributed by atoms with E-state index < -0.39 is 20.6 Å². The smallest absolute Gasteiger partial charge is 0.335 e. The number of carbonyl (C=O) groups excluding carboxylic acids is 1. The summed E-state index contributed by atoms with van der Waals surface area (Å²) in [5, 5.41) is 0. The van der Waals surface area contributed by atoms with Crippen LogP contribution in [-0.2, 0) is 18.7 Å². The summed E-state index contributed by atoms with van der Waals surface area (Å²) in [6, 6.07) is 0. The van der Waals surface area contributed by atoms with Gasteiger partial charge in [-0.3, -0.25) is 0 Å². The van der Waals surface area contributed by atoms with Crippen LogP contribution in [0.2, 0.25) is 19.6 Å². The van der Waals surface area contributed by atoms with E-state index in [0.717, 1.165) is 0 Å². The Morgan fingerprint density at radius 2 is 1.88 bits per heavy atom. The first-order valence-corrected chi connectivity index (χ1v) is 8.75. The third-order valence-corrected chi connectivity index (χ3v) is 2.66. The highest BCUT2D eigenvalue weighted by atomic mass is 28.4. The van der Waals surface area contributed by atoms with E-state index in [-0.39, 0.29) is 0 Å². The van der Waals surface area contributed by atoms with E-state index in [2.05, 4.69) is 26.2 Å². The van der Waals surface area contributed by atoms with E-state index in [9.17, 15) is 4.79 Å². The molecule has 0 aliphatic rings. The standard InChI is InChI=1S/C11H22O4Si/c1-9(2)11(12)15-10(3)13-7-8-14-16(4,5)6/h10H,1,7-8H2,2-6H3. The third-order valence-electron chi connectivity index (χ3n) is 1.59. The molecule has 1 atom stereocenters. The largest absolute Gasteiger partial charge is 0.433 e. The second-order valence-electron chi connectivity index (χ2n) is 4.58. The Balaban J connectivity index is 3.63. The van der Waals surface area contributed by atoms with Crippen LogP contribution in [0.4, 0.5) is 0 Å². The van der Waals surface area contributed by atoms with Gasteiger partial charge >= 0.3 is 5.97 Å². The molecule has 0 rings (SSSR count). The highest BCUT2D eigenvalue weighted by Gasteiger charge is 2.14. The molecule has 94 valence electrons. The van der Waals surface area contributed by atoms with Crippen molar-refractivity contribution in [2.45, 2.75) is 39.8 Å². The van der Waals surface area contributed by atoms with Gasteiger partial charge in [-0.05, 0) is 33.5 Å². The average Bonchev–Trinajstić information content (AvgIpc) is 2.10. The summed E-state index contributed by atoms with van der Waals surface area (Å²) in [4.78, 5) is 11.1. The average molecular weight is 246 g/mol. The number of ether oxygens (including phenoxy) is 2. The fourth-order valence-corrected chi connectivity index (χ4v) is 1.54. The molecule has 0 aliphatic carbocycles. The fourth-order valence-electron chi connectivity index (χ4n) is 0.847. The molecule has 5 heteroatoms. The summed E-state index contributed by atoms with van der Waals surface area (Å²) in [6.07, 6.45) is -0.561. The molecule has 0 spiro atoms. The van der Waals surface area contributed by atoms with E-state index >= 15 is 0 Å². The first-order chi connectivity index (χ1) is 7.22. The maximum atomic E-state index is 11.1. The molecule has 0 aromatic carbocycles. The van der Waals surface area contributed by atoms with Crippen molar-refractivity contribution in [2.75, 3.05) is 13.2 Å². The van der Waals surface area contributed by atoms with Crippen molar-refractivity contribution in [3.8, 4) is 0 Å². The highest BCUT2D eigenvalue weighted by Crippen LogP contribution is 2.03. The lowest BCUT2D eigenvalue weighted by Gasteiger charge is -2.18. The summed E-state index contributed by atoms with van der Waals surface area (Å²) >= 11 is 0. The topological polar surface area (TPSA) is 44.8 Å². The number of carbonyl (C=O) groups is 1. The second-order valence-corrected chi connectivity index (χ2v) is 9.10. The summed E-state index contributed by atoms with van der Waals surface area (Å²) in [6.45, 7) is 14.0. The Bertz CT molecular complexity index is 245. The van der Waals surface area contributed by atoms with Gasteiger partial charge in [0, 0.05) is 5.57 Å². The van der Waals surface area contributed by atoms with Crippen molar-refractivity contribution in [3.63, 3.8) is 0 Å². The van der Waals surface area contributed by atoms with E-state index in [1.54, 1.807) is 13.8 Å². The molecule has 0 bridgehead atoms. The van der Waals surface area contributed by atoms with Crippen molar-refractivity contribution in [1.82, 2.24) is 0 Å². The number of rotatable bonds is 7. The normalized spacial score (nSPS) is 13.3. The highest BCUT2D eigenvalue weighted by molar-refractivity contribution is 6.69. The van der Waals surface area contributed by atoms with Crippen LogP contribution in [0.25, 0.3) is 0 Å². The summed E-state index contributed by atoms with van der Waals surface area (Å²) < 4.78 is 15.8. The predicted molar refractivity (Wildman–Crippen MR) is 65.6 cm³/mol. The maximum absolute atomic E-state index is 11.1. The van der Waals surface area contributed by atoms with Crippen molar-refractivity contribution < 1.29 is 18.7 Å². The van der Waals surface area contributed by atoms with Crippen molar-refractivity contribution in [3.05, 3.63) is 12.2 Å². The molecule has 0 aromatic rings. The van der Waals surface area contributed by atoms with Gasteiger partial charge in [0.15, 0.2) is 8.32 Å². The first kappa shape index (κ1) is 15.3. The zero-order chi connectivity index (χ0) is 12.8. The van der Waals surface area contributed by atoms with Crippen molar-refractivity contribution in [2.24, 2.45) is 0 Å².